The molecule has 0 fully saturated rings. The van der Waals surface area contributed by atoms with E-state index < -0.39 is 0 Å². The highest BCUT2D eigenvalue weighted by atomic mass is 15.1. The van der Waals surface area contributed by atoms with E-state index in [-0.39, 0.29) is 0 Å². The van der Waals surface area contributed by atoms with Crippen LogP contribution in [0.4, 0.5) is 5.69 Å². The van der Waals surface area contributed by atoms with Crippen molar-refractivity contribution in [2.45, 2.75) is 6.92 Å². The van der Waals surface area contributed by atoms with Crippen molar-refractivity contribution in [1.29, 1.82) is 0 Å². The fourth-order valence-corrected chi connectivity index (χ4v) is 0.887. The van der Waals surface area contributed by atoms with E-state index in [9.17, 15) is 0 Å². The normalized spacial score (nSPS) is 10.4. The number of hydrogen-bond acceptors (Lipinski definition) is 0. The Morgan fingerprint density at radius 2 is 1.50 bits per heavy atom. The summed E-state index contributed by atoms with van der Waals surface area (Å²) in [5.74, 6) is 0. The molecule has 1 rings (SSSR count). The van der Waals surface area contributed by atoms with Crippen LogP contribution in [0, 0.1) is 6.92 Å². The maximum Gasteiger partial charge on any atom is 0.130 e. The van der Waals surface area contributed by atoms with Crippen molar-refractivity contribution in [3.63, 3.8) is 0 Å². The largest absolute Gasteiger partial charge is 0.307 e. The van der Waals surface area contributed by atoms with Crippen LogP contribution >= 0.6 is 0 Å². The first-order chi connectivity index (χ1) is 4.70. The number of rotatable bonds is 1. The van der Waals surface area contributed by atoms with E-state index in [0.717, 1.165) is 0 Å². The summed E-state index contributed by atoms with van der Waals surface area (Å²) in [6, 6.07) is 8.60. The highest BCUT2D eigenvalue weighted by Gasteiger charge is 1.96. The predicted molar refractivity (Wildman–Crippen MR) is 43.6 cm³/mol. The molecule has 0 aromatic heterocycles. The molecule has 0 atom stereocenters. The molecule has 1 aromatic rings. The Balaban J connectivity index is 2.89. The average Bonchev–Trinajstić information content (AvgIpc) is 1.88. The lowest BCUT2D eigenvalue weighted by Gasteiger charge is -2.05. The summed E-state index contributed by atoms with van der Waals surface area (Å²) in [6.07, 6.45) is 0. The molecule has 0 spiro atoms. The molecule has 1 heteroatoms. The van der Waals surface area contributed by atoms with Crippen LogP contribution in [0.3, 0.4) is 0 Å². The number of quaternary nitrogens is 1. The summed E-state index contributed by atoms with van der Waals surface area (Å²) in [5, 5.41) is 0. The Morgan fingerprint density at radius 3 is 1.90 bits per heavy atom. The molecule has 0 radical (unpaired) electrons. The van der Waals surface area contributed by atoms with Crippen molar-refractivity contribution < 1.29 is 4.90 Å². The third kappa shape index (κ3) is 1.58. The van der Waals surface area contributed by atoms with Gasteiger partial charge in [-0.15, -0.1) is 0 Å². The lowest BCUT2D eigenvalue weighted by atomic mass is 10.2. The van der Waals surface area contributed by atoms with Gasteiger partial charge in [-0.2, -0.15) is 0 Å². The molecular formula is C9H14N+. The minimum Gasteiger partial charge on any atom is -0.307 e. The van der Waals surface area contributed by atoms with Crippen LogP contribution in [0.2, 0.25) is 0 Å². The van der Waals surface area contributed by atoms with Crippen LogP contribution < -0.4 is 4.90 Å². The van der Waals surface area contributed by atoms with E-state index >= 15 is 0 Å². The minimum absolute atomic E-state index is 1.32. The lowest BCUT2D eigenvalue weighted by molar-refractivity contribution is -0.786. The van der Waals surface area contributed by atoms with E-state index in [0.29, 0.717) is 0 Å². The topological polar surface area (TPSA) is 4.44 Å². The Hall–Kier alpha value is -0.820. The Kier molecular flexibility index (Phi) is 2.07. The standard InChI is InChI=1S/C9H13N/c1-8-4-6-9(7-5-8)10(2)3/h4-7H,1-3H3/p+1. The second-order valence-electron chi connectivity index (χ2n) is 2.87. The Bertz CT molecular complexity index is 198. The molecule has 0 amide bonds. The van der Waals surface area contributed by atoms with Crippen LogP contribution in [0.5, 0.6) is 0 Å². The number of nitrogens with one attached hydrogen (secondary N) is 1. The fraction of sp³-hybridized carbons (Fsp3) is 0.333. The highest BCUT2D eigenvalue weighted by molar-refractivity contribution is 5.31. The van der Waals surface area contributed by atoms with Crippen molar-refractivity contribution in [3.05, 3.63) is 29.8 Å². The zero-order valence-electron chi connectivity index (χ0n) is 6.81. The van der Waals surface area contributed by atoms with E-state index in [2.05, 4.69) is 45.3 Å². The lowest BCUT2D eigenvalue weighted by Crippen LogP contribution is -3.00. The smallest absolute Gasteiger partial charge is 0.130 e. The second kappa shape index (κ2) is 2.84. The van der Waals surface area contributed by atoms with Crippen molar-refractivity contribution in [2.75, 3.05) is 14.1 Å². The molecular weight excluding hydrogens is 122 g/mol. The summed E-state index contributed by atoms with van der Waals surface area (Å²) in [7, 11) is 4.26. The molecule has 10 heavy (non-hydrogen) atoms. The van der Waals surface area contributed by atoms with Gasteiger partial charge in [0.2, 0.25) is 0 Å². The average molecular weight is 136 g/mol. The van der Waals surface area contributed by atoms with Gasteiger partial charge >= 0.3 is 0 Å². The zero-order chi connectivity index (χ0) is 7.56. The van der Waals surface area contributed by atoms with E-state index in [1.165, 1.54) is 16.2 Å². The van der Waals surface area contributed by atoms with Crippen LogP contribution in [0.25, 0.3) is 0 Å². The van der Waals surface area contributed by atoms with E-state index in [1.807, 2.05) is 0 Å². The summed E-state index contributed by atoms with van der Waals surface area (Å²) in [6.45, 7) is 2.11. The maximum atomic E-state index is 2.16. The molecule has 1 nitrogen and oxygen atoms in total. The minimum atomic E-state index is 1.32. The van der Waals surface area contributed by atoms with Crippen molar-refractivity contribution >= 4 is 5.69 Å². The Labute approximate surface area is 62.3 Å². The van der Waals surface area contributed by atoms with Gasteiger partial charge in [0, 0.05) is 0 Å². The van der Waals surface area contributed by atoms with Gasteiger partial charge in [0.05, 0.1) is 14.1 Å². The maximum absolute atomic E-state index is 2.16. The molecule has 0 saturated carbocycles. The second-order valence-corrected chi connectivity index (χ2v) is 2.87. The molecule has 0 heterocycles. The quantitative estimate of drug-likeness (QED) is 0.581. The first-order valence-electron chi connectivity index (χ1n) is 3.57. The first-order valence-corrected chi connectivity index (χ1v) is 3.57. The molecule has 0 aliphatic rings. The molecule has 1 aromatic carbocycles. The van der Waals surface area contributed by atoms with Gasteiger partial charge in [-0.1, -0.05) is 17.7 Å². The van der Waals surface area contributed by atoms with Crippen LogP contribution in [-0.2, 0) is 0 Å². The molecule has 0 unspecified atom stereocenters. The first kappa shape index (κ1) is 7.29. The fourth-order valence-electron chi connectivity index (χ4n) is 0.887. The number of aryl methyl sites for hydroxylation is 1. The van der Waals surface area contributed by atoms with Gasteiger partial charge in [0.15, 0.2) is 0 Å². The summed E-state index contributed by atoms with van der Waals surface area (Å²) in [5.41, 5.74) is 2.66. The number of hydrogen-bond donors (Lipinski definition) is 1. The third-order valence-electron chi connectivity index (χ3n) is 1.63. The zero-order valence-corrected chi connectivity index (χ0v) is 6.81. The summed E-state index contributed by atoms with van der Waals surface area (Å²) in [4.78, 5) is 1.38. The molecule has 0 saturated heterocycles. The molecule has 0 aliphatic heterocycles. The molecule has 54 valence electrons. The third-order valence-corrected chi connectivity index (χ3v) is 1.63. The van der Waals surface area contributed by atoms with Crippen LogP contribution in [-0.4, -0.2) is 14.1 Å². The monoisotopic (exact) mass is 136 g/mol. The predicted octanol–water partition coefficient (Wildman–Crippen LogP) is 0.771. The summed E-state index contributed by atoms with van der Waals surface area (Å²) >= 11 is 0. The van der Waals surface area contributed by atoms with Gasteiger partial charge < -0.3 is 4.90 Å². The molecule has 0 bridgehead atoms. The summed E-state index contributed by atoms with van der Waals surface area (Å²) < 4.78 is 0. The van der Waals surface area contributed by atoms with Gasteiger partial charge in [0.25, 0.3) is 0 Å². The van der Waals surface area contributed by atoms with Crippen molar-refractivity contribution in [1.82, 2.24) is 0 Å². The van der Waals surface area contributed by atoms with E-state index in [4.69, 9.17) is 0 Å². The van der Waals surface area contributed by atoms with Crippen LogP contribution in [0.15, 0.2) is 24.3 Å². The van der Waals surface area contributed by atoms with Crippen molar-refractivity contribution in [3.8, 4) is 0 Å². The molecule has 0 aliphatic carbocycles. The van der Waals surface area contributed by atoms with Gasteiger partial charge in [-0.25, -0.2) is 0 Å². The van der Waals surface area contributed by atoms with Gasteiger partial charge in [-0.3, -0.25) is 0 Å². The van der Waals surface area contributed by atoms with Gasteiger partial charge in [0.1, 0.15) is 5.69 Å². The molecule has 1 N–H and O–H groups in total. The van der Waals surface area contributed by atoms with Crippen molar-refractivity contribution in [2.24, 2.45) is 0 Å². The number of benzene rings is 1. The highest BCUT2D eigenvalue weighted by Crippen LogP contribution is 2.02. The Morgan fingerprint density at radius 1 is 1.00 bits per heavy atom. The van der Waals surface area contributed by atoms with Gasteiger partial charge in [-0.05, 0) is 19.1 Å². The van der Waals surface area contributed by atoms with E-state index in [1.54, 1.807) is 0 Å². The SMILES string of the molecule is Cc1ccc([NH+](C)C)cc1. The van der Waals surface area contributed by atoms with Crippen LogP contribution in [0.1, 0.15) is 5.56 Å².